The Balaban J connectivity index is 1.65. The number of aromatic nitrogens is 3. The van der Waals surface area contributed by atoms with E-state index in [-0.39, 0.29) is 30.1 Å². The smallest absolute Gasteiger partial charge is 0.331 e. The lowest BCUT2D eigenvalue weighted by molar-refractivity contribution is -0.139. The van der Waals surface area contributed by atoms with E-state index in [1.165, 1.54) is 57.7 Å². The van der Waals surface area contributed by atoms with E-state index in [0.717, 1.165) is 0 Å². The molecule has 0 unspecified atom stereocenters. The van der Waals surface area contributed by atoms with E-state index >= 15 is 0 Å². The first-order valence-corrected chi connectivity index (χ1v) is 9.59. The van der Waals surface area contributed by atoms with Gasteiger partial charge in [-0.15, -0.1) is 0 Å². The molecule has 0 aliphatic rings. The fourth-order valence-corrected chi connectivity index (χ4v) is 2.77. The Labute approximate surface area is 189 Å². The number of carbonyl (C=O) groups excluding carboxylic acids is 1. The Morgan fingerprint density at radius 1 is 1.03 bits per heavy atom. The number of methoxy groups -OCH3 is 3. The second-order valence-electron chi connectivity index (χ2n) is 6.47. The monoisotopic (exact) mass is 455 g/mol. The number of hydrogen-bond donors (Lipinski definition) is 2. The molecule has 0 aliphatic carbocycles. The quantitative estimate of drug-likeness (QED) is 0.366. The van der Waals surface area contributed by atoms with Crippen LogP contribution >= 0.6 is 0 Å². The number of carbonyl (C=O) groups is 1. The van der Waals surface area contributed by atoms with Gasteiger partial charge in [-0.05, 0) is 48.0 Å². The lowest BCUT2D eigenvalue weighted by atomic mass is 10.1. The number of rotatable bonds is 9. The zero-order chi connectivity index (χ0) is 23.8. The average molecular weight is 455 g/mol. The molecule has 3 N–H and O–H groups in total. The van der Waals surface area contributed by atoms with Gasteiger partial charge in [0.05, 0.1) is 21.3 Å². The van der Waals surface area contributed by atoms with Gasteiger partial charge in [-0.2, -0.15) is 15.0 Å². The normalized spacial score (nSPS) is 10.7. The molecule has 0 amide bonds. The van der Waals surface area contributed by atoms with E-state index in [4.69, 9.17) is 24.7 Å². The van der Waals surface area contributed by atoms with Crippen LogP contribution in [-0.2, 0) is 16.1 Å². The molecule has 10 nitrogen and oxygen atoms in total. The zero-order valence-electron chi connectivity index (χ0n) is 18.2. The van der Waals surface area contributed by atoms with Crippen molar-refractivity contribution in [1.29, 1.82) is 0 Å². The van der Waals surface area contributed by atoms with Crippen molar-refractivity contribution in [2.75, 3.05) is 32.4 Å². The molecule has 33 heavy (non-hydrogen) atoms. The van der Waals surface area contributed by atoms with Crippen LogP contribution in [0.5, 0.6) is 17.2 Å². The number of nitrogens with one attached hydrogen (secondary N) is 1. The summed E-state index contributed by atoms with van der Waals surface area (Å²) in [7, 11) is 4.50. The molecular formula is C22H22FN5O5. The number of anilines is 3. The Bertz CT molecular complexity index is 1130. The summed E-state index contributed by atoms with van der Waals surface area (Å²) in [5.41, 5.74) is 6.90. The highest BCUT2D eigenvalue weighted by Crippen LogP contribution is 2.38. The summed E-state index contributed by atoms with van der Waals surface area (Å²) >= 11 is 0. The summed E-state index contributed by atoms with van der Waals surface area (Å²) < 4.78 is 34.1. The molecule has 11 heteroatoms. The van der Waals surface area contributed by atoms with E-state index in [9.17, 15) is 9.18 Å². The van der Waals surface area contributed by atoms with Crippen molar-refractivity contribution < 1.29 is 28.1 Å². The summed E-state index contributed by atoms with van der Waals surface area (Å²) in [5.74, 6) is 0.553. The van der Waals surface area contributed by atoms with Gasteiger partial charge in [0.15, 0.2) is 23.9 Å². The van der Waals surface area contributed by atoms with E-state index < -0.39 is 5.97 Å². The van der Waals surface area contributed by atoms with Crippen LogP contribution in [0.15, 0.2) is 42.5 Å². The van der Waals surface area contributed by atoms with Crippen molar-refractivity contribution in [2.45, 2.75) is 6.61 Å². The highest BCUT2D eigenvalue weighted by atomic mass is 19.1. The van der Waals surface area contributed by atoms with E-state index in [1.807, 2.05) is 0 Å². The van der Waals surface area contributed by atoms with Crippen LogP contribution in [0.1, 0.15) is 11.4 Å². The minimum atomic E-state index is -0.629. The lowest BCUT2D eigenvalue weighted by Gasteiger charge is -2.12. The maximum Gasteiger partial charge on any atom is 0.331 e. The second-order valence-corrected chi connectivity index (χ2v) is 6.47. The second kappa shape index (κ2) is 10.8. The third-order valence-corrected chi connectivity index (χ3v) is 4.24. The average Bonchev–Trinajstić information content (AvgIpc) is 2.81. The lowest BCUT2D eigenvalue weighted by Crippen LogP contribution is -2.10. The molecule has 0 aliphatic heterocycles. The van der Waals surface area contributed by atoms with Gasteiger partial charge in [0.25, 0.3) is 0 Å². The molecule has 3 rings (SSSR count). The molecule has 172 valence electrons. The van der Waals surface area contributed by atoms with Gasteiger partial charge in [0, 0.05) is 11.8 Å². The number of hydrogen-bond acceptors (Lipinski definition) is 10. The van der Waals surface area contributed by atoms with E-state index in [2.05, 4.69) is 20.3 Å². The molecule has 0 atom stereocenters. The third kappa shape index (κ3) is 6.29. The summed E-state index contributed by atoms with van der Waals surface area (Å²) in [6.07, 6.45) is 2.78. The van der Waals surface area contributed by atoms with Crippen molar-refractivity contribution in [2.24, 2.45) is 0 Å². The Morgan fingerprint density at radius 2 is 1.70 bits per heavy atom. The maximum atomic E-state index is 13.0. The number of esters is 1. The first-order chi connectivity index (χ1) is 15.9. The highest BCUT2D eigenvalue weighted by molar-refractivity contribution is 5.87. The van der Waals surface area contributed by atoms with Gasteiger partial charge >= 0.3 is 5.97 Å². The van der Waals surface area contributed by atoms with Crippen LogP contribution in [0, 0.1) is 5.82 Å². The summed E-state index contributed by atoms with van der Waals surface area (Å²) in [4.78, 5) is 24.2. The SMILES string of the molecule is COc1cc(/C=C/C(=O)OCc2nc(N)nc(Nc3ccc(F)cc3)n2)cc(OC)c1OC. The summed E-state index contributed by atoms with van der Waals surface area (Å²) in [6, 6.07) is 8.98. The summed E-state index contributed by atoms with van der Waals surface area (Å²) in [5, 5.41) is 2.88. The van der Waals surface area contributed by atoms with Gasteiger partial charge in [-0.3, -0.25) is 0 Å². The topological polar surface area (TPSA) is 131 Å². The first kappa shape index (κ1) is 23.3. The van der Waals surface area contributed by atoms with Gasteiger partial charge in [0.2, 0.25) is 17.6 Å². The minimum absolute atomic E-state index is 0.0615. The largest absolute Gasteiger partial charge is 0.493 e. The number of nitrogen functional groups attached to an aromatic ring is 1. The molecule has 1 heterocycles. The van der Waals surface area contributed by atoms with Crippen LogP contribution < -0.4 is 25.3 Å². The van der Waals surface area contributed by atoms with Crippen LogP contribution in [0.4, 0.5) is 22.0 Å². The molecule has 0 radical (unpaired) electrons. The Hall–Kier alpha value is -4.41. The van der Waals surface area contributed by atoms with Crippen molar-refractivity contribution in [3.05, 3.63) is 59.7 Å². The van der Waals surface area contributed by atoms with Crippen LogP contribution in [0.3, 0.4) is 0 Å². The predicted octanol–water partition coefficient (Wildman–Crippen LogP) is 3.12. The number of benzene rings is 2. The van der Waals surface area contributed by atoms with Crippen LogP contribution in [0.25, 0.3) is 6.08 Å². The van der Waals surface area contributed by atoms with Crippen LogP contribution in [0.2, 0.25) is 0 Å². The zero-order valence-corrected chi connectivity index (χ0v) is 18.2. The van der Waals surface area contributed by atoms with Crippen molar-refractivity contribution >= 4 is 29.6 Å². The molecule has 0 bridgehead atoms. The number of nitrogens with zero attached hydrogens (tertiary/aromatic N) is 3. The van der Waals surface area contributed by atoms with Gasteiger partial charge in [-0.25, -0.2) is 9.18 Å². The van der Waals surface area contributed by atoms with Crippen molar-refractivity contribution in [3.8, 4) is 17.2 Å². The number of halogens is 1. The van der Waals surface area contributed by atoms with Crippen molar-refractivity contribution in [1.82, 2.24) is 15.0 Å². The number of nitrogens with two attached hydrogens (primary N) is 1. The Morgan fingerprint density at radius 3 is 2.30 bits per heavy atom. The fraction of sp³-hybridized carbons (Fsp3) is 0.182. The molecular weight excluding hydrogens is 433 g/mol. The first-order valence-electron chi connectivity index (χ1n) is 9.59. The fourth-order valence-electron chi connectivity index (χ4n) is 2.77. The number of ether oxygens (including phenoxy) is 4. The molecule has 2 aromatic carbocycles. The van der Waals surface area contributed by atoms with Crippen molar-refractivity contribution in [3.63, 3.8) is 0 Å². The molecule has 3 aromatic rings. The highest BCUT2D eigenvalue weighted by Gasteiger charge is 2.12. The third-order valence-electron chi connectivity index (χ3n) is 4.24. The molecule has 0 spiro atoms. The maximum absolute atomic E-state index is 13.0. The van der Waals surface area contributed by atoms with Gasteiger partial charge in [0.1, 0.15) is 5.82 Å². The molecule has 0 saturated carbocycles. The van der Waals surface area contributed by atoms with Crippen LogP contribution in [-0.4, -0.2) is 42.3 Å². The minimum Gasteiger partial charge on any atom is -0.493 e. The van der Waals surface area contributed by atoms with Gasteiger partial charge < -0.3 is 30.0 Å². The summed E-state index contributed by atoms with van der Waals surface area (Å²) in [6.45, 7) is -0.233. The van der Waals surface area contributed by atoms with Gasteiger partial charge in [-0.1, -0.05) is 0 Å². The van der Waals surface area contributed by atoms with E-state index in [1.54, 1.807) is 12.1 Å². The Kier molecular flexibility index (Phi) is 7.58. The molecule has 1 aromatic heterocycles. The predicted molar refractivity (Wildman–Crippen MR) is 119 cm³/mol. The van der Waals surface area contributed by atoms with E-state index in [0.29, 0.717) is 28.5 Å². The molecule has 0 fully saturated rings. The standard InChI is InChI=1S/C22H22FN5O5/c1-30-16-10-13(11-17(31-2)20(16)32-3)4-9-19(29)33-12-18-26-21(24)28-22(27-18)25-15-7-5-14(23)6-8-15/h4-11H,12H2,1-3H3,(H3,24,25,26,27,28)/b9-4+. The molecule has 0 saturated heterocycles.